The maximum absolute atomic E-state index is 14.3. The molecule has 1 saturated carbocycles. The van der Waals surface area contributed by atoms with Crippen LogP contribution in [0.4, 0.5) is 4.39 Å². The highest BCUT2D eigenvalue weighted by molar-refractivity contribution is 6.33. The predicted octanol–water partition coefficient (Wildman–Crippen LogP) is 5.80. The van der Waals surface area contributed by atoms with Crippen LogP contribution < -0.4 is 10.5 Å². The van der Waals surface area contributed by atoms with E-state index in [4.69, 9.17) is 30.6 Å². The van der Waals surface area contributed by atoms with Gasteiger partial charge in [0.15, 0.2) is 11.5 Å². The molecular weight excluding hydrogens is 535 g/mol. The van der Waals surface area contributed by atoms with E-state index in [1.54, 1.807) is 13.2 Å². The minimum atomic E-state index is -0.617. The Morgan fingerprint density at radius 1 is 1.20 bits per heavy atom. The molecule has 5 aromatic rings. The van der Waals surface area contributed by atoms with Gasteiger partial charge < -0.3 is 13.9 Å². The number of aromatic amines is 1. The van der Waals surface area contributed by atoms with E-state index < -0.39 is 5.76 Å². The number of methoxy groups -OCH3 is 1. The first kappa shape index (κ1) is 24.8. The number of nitrogens with one attached hydrogen (secondary N) is 1. The van der Waals surface area contributed by atoms with E-state index in [9.17, 15) is 9.18 Å². The molecule has 2 aromatic carbocycles. The first-order valence-corrected chi connectivity index (χ1v) is 13.4. The fourth-order valence-corrected chi connectivity index (χ4v) is 5.74. The van der Waals surface area contributed by atoms with Crippen molar-refractivity contribution in [3.63, 3.8) is 0 Å². The van der Waals surface area contributed by atoms with Gasteiger partial charge in [0, 0.05) is 42.5 Å². The van der Waals surface area contributed by atoms with E-state index in [1.165, 1.54) is 12.1 Å². The highest BCUT2D eigenvalue weighted by Gasteiger charge is 2.35. The van der Waals surface area contributed by atoms with Crippen LogP contribution in [0.1, 0.15) is 52.3 Å². The highest BCUT2D eigenvalue weighted by atomic mass is 35.5. The molecule has 10 heteroatoms. The van der Waals surface area contributed by atoms with Gasteiger partial charge >= 0.3 is 5.76 Å². The van der Waals surface area contributed by atoms with Crippen molar-refractivity contribution in [3.8, 4) is 5.75 Å². The van der Waals surface area contributed by atoms with E-state index in [-0.39, 0.29) is 18.3 Å². The molecule has 0 unspecified atom stereocenters. The van der Waals surface area contributed by atoms with Gasteiger partial charge in [0.1, 0.15) is 18.2 Å². The topological polar surface area (TPSA) is 94.7 Å². The molecule has 0 bridgehead atoms. The molecule has 202 valence electrons. The molecule has 1 fully saturated rings. The Morgan fingerprint density at radius 2 is 2.05 bits per heavy atom. The van der Waals surface area contributed by atoms with Gasteiger partial charge in [0.2, 0.25) is 0 Å². The third-order valence-corrected chi connectivity index (χ3v) is 7.72. The van der Waals surface area contributed by atoms with Crippen LogP contribution in [0.3, 0.4) is 0 Å². The summed E-state index contributed by atoms with van der Waals surface area (Å²) in [6, 6.07) is 14.5. The van der Waals surface area contributed by atoms with Gasteiger partial charge in [0.25, 0.3) is 0 Å². The zero-order valence-electron chi connectivity index (χ0n) is 21.5. The van der Waals surface area contributed by atoms with Gasteiger partial charge in [-0.1, -0.05) is 35.0 Å². The fourth-order valence-electron chi connectivity index (χ4n) is 5.53. The second-order valence-corrected chi connectivity index (χ2v) is 10.5. The van der Waals surface area contributed by atoms with E-state index in [2.05, 4.69) is 28.3 Å². The van der Waals surface area contributed by atoms with E-state index in [1.807, 2.05) is 22.7 Å². The predicted molar refractivity (Wildman–Crippen MR) is 147 cm³/mol. The number of halogens is 2. The number of benzene rings is 2. The normalized spacial score (nSPS) is 15.9. The Hall–Kier alpha value is -4.21. The molecule has 0 spiro atoms. The largest absolute Gasteiger partial charge is 0.488 e. The number of H-pyrrole nitrogens is 1. The van der Waals surface area contributed by atoms with Crippen molar-refractivity contribution in [3.05, 3.63) is 116 Å². The minimum absolute atomic E-state index is 0.193. The van der Waals surface area contributed by atoms with Crippen LogP contribution in [0, 0.1) is 11.7 Å². The minimum Gasteiger partial charge on any atom is -0.488 e. The highest BCUT2D eigenvalue weighted by Crippen LogP contribution is 2.49. The lowest BCUT2D eigenvalue weighted by atomic mass is 9.87. The number of pyridine rings is 1. The summed E-state index contributed by atoms with van der Waals surface area (Å²) in [6.45, 7) is 0.607. The van der Waals surface area contributed by atoms with E-state index >= 15 is 0 Å². The number of imidazole rings is 1. The van der Waals surface area contributed by atoms with Crippen molar-refractivity contribution in [1.29, 1.82) is 0 Å². The molecule has 0 amide bonds. The molecule has 0 radical (unpaired) electrons. The summed E-state index contributed by atoms with van der Waals surface area (Å²) in [7, 11) is 1.64. The van der Waals surface area contributed by atoms with Crippen molar-refractivity contribution in [2.75, 3.05) is 7.11 Å². The number of nitrogens with zero attached hydrogens (tertiary/aromatic N) is 3. The summed E-state index contributed by atoms with van der Waals surface area (Å²) in [6.07, 6.45) is 4.44. The molecule has 1 aliphatic heterocycles. The van der Waals surface area contributed by atoms with Crippen LogP contribution in [0.15, 0.2) is 64.0 Å². The molecule has 7 rings (SSSR count). The quantitative estimate of drug-likeness (QED) is 0.283. The summed E-state index contributed by atoms with van der Waals surface area (Å²) in [5.41, 5.74) is 7.89. The van der Waals surface area contributed by atoms with Crippen molar-refractivity contribution < 1.29 is 18.4 Å². The van der Waals surface area contributed by atoms with Crippen molar-refractivity contribution in [2.45, 2.75) is 32.5 Å². The lowest BCUT2D eigenvalue weighted by molar-refractivity contribution is 0.181. The molecule has 1 N–H and O–H groups in total. The molecular formula is C30H24ClFN4O4. The lowest BCUT2D eigenvalue weighted by Crippen LogP contribution is -2.04. The molecule has 2 aliphatic rings. The summed E-state index contributed by atoms with van der Waals surface area (Å²) in [4.78, 5) is 19.4. The number of allylic oxidation sites excluding steroid dienone is 1. The average Bonchev–Trinajstić information content (AvgIpc) is 3.63. The average molecular weight is 559 g/mol. The van der Waals surface area contributed by atoms with Crippen LogP contribution in [0.25, 0.3) is 16.8 Å². The number of hydrogen-bond donors (Lipinski definition) is 1. The maximum Gasteiger partial charge on any atom is 0.439 e. The zero-order chi connectivity index (χ0) is 27.4. The number of ether oxygens (including phenoxy) is 2. The standard InChI is InChI=1S/C30H24ClFN4O4/c1-38-15-23-24(36-10-2-3-22(31)29(36)33-23)12-16-4-8-20-18(11-16)14-39-25-13-19(32)7-9-21(25)27(20)26(17-5-6-17)28-34-30(37)40-35-28/h2-4,7-11,13,17H,5-6,12,14-15H2,1H3,(H,34,35,37). The Kier molecular flexibility index (Phi) is 6.05. The zero-order valence-corrected chi connectivity index (χ0v) is 22.3. The van der Waals surface area contributed by atoms with Gasteiger partial charge in [-0.2, -0.15) is 0 Å². The van der Waals surface area contributed by atoms with Crippen molar-refractivity contribution >= 4 is 28.4 Å². The molecule has 0 saturated heterocycles. The molecule has 4 heterocycles. The van der Waals surface area contributed by atoms with Crippen molar-refractivity contribution in [2.24, 2.45) is 5.92 Å². The summed E-state index contributed by atoms with van der Waals surface area (Å²) >= 11 is 6.44. The first-order chi connectivity index (χ1) is 19.5. The lowest BCUT2D eigenvalue weighted by Gasteiger charge is -2.16. The number of aromatic nitrogens is 4. The second kappa shape index (κ2) is 9.76. The third kappa shape index (κ3) is 4.31. The Morgan fingerprint density at radius 3 is 2.83 bits per heavy atom. The monoisotopic (exact) mass is 558 g/mol. The molecule has 3 aromatic heterocycles. The summed E-state index contributed by atoms with van der Waals surface area (Å²) in [5.74, 6) is 0.0221. The summed E-state index contributed by atoms with van der Waals surface area (Å²) in [5, 5.41) is 4.60. The fraction of sp³-hybridized carbons (Fsp3) is 0.233. The van der Waals surface area contributed by atoms with Gasteiger partial charge in [-0.15, -0.1) is 0 Å². The summed E-state index contributed by atoms with van der Waals surface area (Å²) < 4.78 is 32.8. The van der Waals surface area contributed by atoms with Crippen LogP contribution in [0.2, 0.25) is 5.02 Å². The Labute approximate surface area is 233 Å². The van der Waals surface area contributed by atoms with Gasteiger partial charge in [-0.05, 0) is 59.7 Å². The van der Waals surface area contributed by atoms with Crippen LogP contribution in [-0.4, -0.2) is 26.6 Å². The van der Waals surface area contributed by atoms with Gasteiger partial charge in [0.05, 0.1) is 23.0 Å². The SMILES string of the molecule is COCc1nc2c(Cl)cccn2c1Cc1ccc2c(c1)COc1cc(F)ccc1C2=C(c1noc(=O)[nH]1)C1CC1. The number of hydrogen-bond acceptors (Lipinski definition) is 6. The maximum atomic E-state index is 14.3. The van der Waals surface area contributed by atoms with Crippen LogP contribution in [0.5, 0.6) is 5.75 Å². The molecule has 8 nitrogen and oxygen atoms in total. The number of fused-ring (bicyclic) bond motifs is 3. The second-order valence-electron chi connectivity index (χ2n) is 10.1. The molecule has 40 heavy (non-hydrogen) atoms. The number of rotatable bonds is 6. The third-order valence-electron chi connectivity index (χ3n) is 7.42. The van der Waals surface area contributed by atoms with Gasteiger partial charge in [-0.3, -0.25) is 9.51 Å². The Bertz CT molecular complexity index is 1870. The smallest absolute Gasteiger partial charge is 0.439 e. The van der Waals surface area contributed by atoms with E-state index in [0.717, 1.165) is 57.6 Å². The Balaban J connectivity index is 1.39. The van der Waals surface area contributed by atoms with Crippen molar-refractivity contribution in [1.82, 2.24) is 19.5 Å². The van der Waals surface area contributed by atoms with E-state index in [0.29, 0.717) is 35.3 Å². The first-order valence-electron chi connectivity index (χ1n) is 13.0. The van der Waals surface area contributed by atoms with Crippen LogP contribution >= 0.6 is 11.6 Å². The van der Waals surface area contributed by atoms with Gasteiger partial charge in [-0.25, -0.2) is 14.2 Å². The molecule has 1 aliphatic carbocycles. The van der Waals surface area contributed by atoms with Crippen LogP contribution in [-0.2, 0) is 24.4 Å². The molecule has 0 atom stereocenters.